The highest BCUT2D eigenvalue weighted by Crippen LogP contribution is 2.22. The first-order valence-electron chi connectivity index (χ1n) is 4.25. The molecule has 0 aromatic carbocycles. The largest absolute Gasteiger partial charge is 0.495 e. The van der Waals surface area contributed by atoms with Crippen molar-refractivity contribution < 1.29 is 9.84 Å². The van der Waals surface area contributed by atoms with Crippen LogP contribution in [0.25, 0.3) is 0 Å². The van der Waals surface area contributed by atoms with Crippen LogP contribution < -0.4 is 4.74 Å². The van der Waals surface area contributed by atoms with Gasteiger partial charge >= 0.3 is 0 Å². The number of aliphatic hydroxyl groups is 1. The molecule has 0 aliphatic carbocycles. The molecule has 0 amide bonds. The van der Waals surface area contributed by atoms with Crippen molar-refractivity contribution in [3.05, 3.63) is 35.9 Å². The molecular weight excluding hydrogens is 214 g/mol. The van der Waals surface area contributed by atoms with E-state index in [1.807, 2.05) is 0 Å². The molecule has 15 heavy (non-hydrogen) atoms. The van der Waals surface area contributed by atoms with Gasteiger partial charge in [0.05, 0.1) is 31.2 Å². The summed E-state index contributed by atoms with van der Waals surface area (Å²) in [7, 11) is 1.55. The Morgan fingerprint density at radius 2 is 2.27 bits per heavy atom. The van der Waals surface area contributed by atoms with Crippen LogP contribution in [-0.2, 0) is 0 Å². The summed E-state index contributed by atoms with van der Waals surface area (Å²) in [4.78, 5) is 3.96. The number of hydrogen-bond acceptors (Lipinski definition) is 6. The molecule has 0 saturated heterocycles. The first-order chi connectivity index (χ1) is 7.31. The highest BCUT2D eigenvalue weighted by Gasteiger charge is 2.14. The van der Waals surface area contributed by atoms with Crippen molar-refractivity contribution >= 4 is 11.7 Å². The van der Waals surface area contributed by atoms with E-state index >= 15 is 0 Å². The molecule has 5 nitrogen and oxygen atoms in total. The Bertz CT molecular complexity index is 433. The van der Waals surface area contributed by atoms with Crippen molar-refractivity contribution in [1.82, 2.24) is 13.7 Å². The van der Waals surface area contributed by atoms with E-state index < -0.39 is 6.10 Å². The summed E-state index contributed by atoms with van der Waals surface area (Å²) >= 11 is 1.06. The average Bonchev–Trinajstić information content (AvgIpc) is 2.81. The summed E-state index contributed by atoms with van der Waals surface area (Å²) in [5.74, 6) is 0.606. The van der Waals surface area contributed by atoms with Crippen LogP contribution in [-0.4, -0.2) is 25.9 Å². The second kappa shape index (κ2) is 4.33. The molecule has 6 heteroatoms. The lowest BCUT2D eigenvalue weighted by molar-refractivity contribution is 0.215. The number of methoxy groups -OCH3 is 1. The highest BCUT2D eigenvalue weighted by molar-refractivity contribution is 6.99. The van der Waals surface area contributed by atoms with Gasteiger partial charge in [-0.3, -0.25) is 4.98 Å². The number of aliphatic hydroxyl groups excluding tert-OH is 1. The van der Waals surface area contributed by atoms with Gasteiger partial charge in [0.2, 0.25) is 0 Å². The van der Waals surface area contributed by atoms with E-state index in [-0.39, 0.29) is 0 Å². The third-order valence-corrected chi connectivity index (χ3v) is 2.44. The van der Waals surface area contributed by atoms with Gasteiger partial charge in [0, 0.05) is 11.8 Å². The van der Waals surface area contributed by atoms with E-state index in [4.69, 9.17) is 4.74 Å². The second-order valence-electron chi connectivity index (χ2n) is 2.89. The summed E-state index contributed by atoms with van der Waals surface area (Å²) in [6.45, 7) is 0. The van der Waals surface area contributed by atoms with Gasteiger partial charge < -0.3 is 9.84 Å². The lowest BCUT2D eigenvalue weighted by Gasteiger charge is -2.08. The Balaban J connectivity index is 2.29. The summed E-state index contributed by atoms with van der Waals surface area (Å²) < 4.78 is 12.8. The zero-order chi connectivity index (χ0) is 10.7. The number of ether oxygens (including phenoxy) is 1. The maximum Gasteiger partial charge on any atom is 0.137 e. The molecule has 0 aliphatic heterocycles. The lowest BCUT2D eigenvalue weighted by Crippen LogP contribution is -2.00. The zero-order valence-electron chi connectivity index (χ0n) is 7.99. The molecule has 0 bridgehead atoms. The molecule has 1 atom stereocenters. The number of aromatic nitrogens is 3. The van der Waals surface area contributed by atoms with Gasteiger partial charge in [-0.25, -0.2) is 0 Å². The molecule has 0 spiro atoms. The van der Waals surface area contributed by atoms with Crippen LogP contribution in [0.1, 0.15) is 17.4 Å². The van der Waals surface area contributed by atoms with Gasteiger partial charge in [0.25, 0.3) is 0 Å². The summed E-state index contributed by atoms with van der Waals surface area (Å²) in [6.07, 6.45) is 3.89. The van der Waals surface area contributed by atoms with Gasteiger partial charge in [-0.05, 0) is 6.07 Å². The van der Waals surface area contributed by atoms with Crippen molar-refractivity contribution in [2.24, 2.45) is 0 Å². The van der Waals surface area contributed by atoms with Crippen molar-refractivity contribution in [3.8, 4) is 5.75 Å². The van der Waals surface area contributed by atoms with Crippen LogP contribution in [0.15, 0.2) is 24.7 Å². The summed E-state index contributed by atoms with van der Waals surface area (Å²) in [5, 5.41) is 9.91. The Labute approximate surface area is 90.7 Å². The molecule has 0 saturated carbocycles. The average molecular weight is 223 g/mol. The molecule has 0 fully saturated rings. The molecule has 0 aliphatic rings. The van der Waals surface area contributed by atoms with E-state index in [0.717, 1.165) is 11.7 Å². The Morgan fingerprint density at radius 1 is 1.40 bits per heavy atom. The third kappa shape index (κ3) is 2.11. The minimum Gasteiger partial charge on any atom is -0.495 e. The highest BCUT2D eigenvalue weighted by atomic mass is 32.1. The fraction of sp³-hybridized carbons (Fsp3) is 0.222. The van der Waals surface area contributed by atoms with Gasteiger partial charge in [-0.15, -0.1) is 0 Å². The maximum atomic E-state index is 9.91. The number of nitrogens with zero attached hydrogens (tertiary/aromatic N) is 3. The van der Waals surface area contributed by atoms with E-state index in [9.17, 15) is 5.11 Å². The minimum atomic E-state index is -0.800. The topological polar surface area (TPSA) is 68.1 Å². The molecule has 2 heterocycles. The molecule has 78 valence electrons. The van der Waals surface area contributed by atoms with Crippen LogP contribution in [0.4, 0.5) is 0 Å². The normalized spacial score (nSPS) is 12.4. The van der Waals surface area contributed by atoms with Crippen molar-refractivity contribution in [1.29, 1.82) is 0 Å². The van der Waals surface area contributed by atoms with E-state index in [0.29, 0.717) is 17.0 Å². The summed E-state index contributed by atoms with van der Waals surface area (Å²) in [5.41, 5.74) is 1.16. The SMILES string of the molecule is COc1cncc(C(O)c2cnsn2)c1. The standard InChI is InChI=1S/C9H9N3O2S/c1-14-7-2-6(3-10-4-7)9(13)8-5-11-15-12-8/h2-5,9,13H,1H3. The molecular formula is C9H9N3O2S. The Hall–Kier alpha value is -1.53. The first kappa shape index (κ1) is 10.0. The Morgan fingerprint density at radius 3 is 2.93 bits per heavy atom. The van der Waals surface area contributed by atoms with Crippen LogP contribution in [0.5, 0.6) is 5.75 Å². The molecule has 1 N–H and O–H groups in total. The van der Waals surface area contributed by atoms with E-state index in [2.05, 4.69) is 13.7 Å². The van der Waals surface area contributed by atoms with Crippen molar-refractivity contribution in [3.63, 3.8) is 0 Å². The molecule has 0 radical (unpaired) electrons. The first-order valence-corrected chi connectivity index (χ1v) is 4.98. The van der Waals surface area contributed by atoms with E-state index in [1.54, 1.807) is 25.6 Å². The number of hydrogen-bond donors (Lipinski definition) is 1. The van der Waals surface area contributed by atoms with E-state index in [1.165, 1.54) is 6.20 Å². The maximum absolute atomic E-state index is 9.91. The predicted octanol–water partition coefficient (Wildman–Crippen LogP) is 1.02. The second-order valence-corrected chi connectivity index (χ2v) is 3.45. The van der Waals surface area contributed by atoms with Crippen molar-refractivity contribution in [2.45, 2.75) is 6.10 Å². The number of rotatable bonds is 3. The number of pyridine rings is 1. The molecule has 2 rings (SSSR count). The van der Waals surface area contributed by atoms with Crippen LogP contribution in [0.3, 0.4) is 0 Å². The lowest BCUT2D eigenvalue weighted by atomic mass is 10.1. The zero-order valence-corrected chi connectivity index (χ0v) is 8.81. The predicted molar refractivity (Wildman–Crippen MR) is 54.8 cm³/mol. The smallest absolute Gasteiger partial charge is 0.137 e. The van der Waals surface area contributed by atoms with Gasteiger partial charge in [0.1, 0.15) is 17.5 Å². The van der Waals surface area contributed by atoms with Gasteiger partial charge in [0.15, 0.2) is 0 Å². The third-order valence-electron chi connectivity index (χ3n) is 1.94. The van der Waals surface area contributed by atoms with Crippen molar-refractivity contribution in [2.75, 3.05) is 7.11 Å². The fourth-order valence-electron chi connectivity index (χ4n) is 1.16. The molecule has 2 aromatic rings. The monoisotopic (exact) mass is 223 g/mol. The Kier molecular flexibility index (Phi) is 2.89. The van der Waals surface area contributed by atoms with Crippen LogP contribution in [0.2, 0.25) is 0 Å². The fourth-order valence-corrected chi connectivity index (χ4v) is 1.60. The summed E-state index contributed by atoms with van der Waals surface area (Å²) in [6, 6.07) is 1.72. The molecule has 2 aromatic heterocycles. The van der Waals surface area contributed by atoms with Gasteiger partial charge in [-0.2, -0.15) is 8.75 Å². The van der Waals surface area contributed by atoms with Gasteiger partial charge in [-0.1, -0.05) is 0 Å². The molecule has 1 unspecified atom stereocenters. The quantitative estimate of drug-likeness (QED) is 0.841. The van der Waals surface area contributed by atoms with Crippen LogP contribution in [0, 0.1) is 0 Å². The van der Waals surface area contributed by atoms with Crippen LogP contribution >= 0.6 is 11.7 Å². The minimum absolute atomic E-state index is 0.523.